The molecule has 0 aromatic rings. The Labute approximate surface area is 80.5 Å². The van der Waals surface area contributed by atoms with E-state index in [1.807, 2.05) is 0 Å². The first-order chi connectivity index (χ1) is 6.27. The number of hydrogen-bond acceptors (Lipinski definition) is 3. The molecule has 2 atom stereocenters. The highest BCUT2D eigenvalue weighted by Crippen LogP contribution is 2.08. The summed E-state index contributed by atoms with van der Waals surface area (Å²) in [5.74, 6) is 0. The molecule has 0 aromatic carbocycles. The zero-order valence-corrected chi connectivity index (χ0v) is 8.62. The van der Waals surface area contributed by atoms with Crippen LogP contribution in [0, 0.1) is 0 Å². The van der Waals surface area contributed by atoms with Crippen molar-refractivity contribution in [2.75, 3.05) is 19.6 Å². The summed E-state index contributed by atoms with van der Waals surface area (Å²) in [7, 11) is 0. The molecule has 1 rings (SSSR count). The second-order valence-corrected chi connectivity index (χ2v) is 3.86. The lowest BCUT2D eigenvalue weighted by Crippen LogP contribution is -2.55. The number of aldehydes is 1. The summed E-state index contributed by atoms with van der Waals surface area (Å²) < 4.78 is 0. The predicted octanol–water partition coefficient (Wildman–Crippen LogP) is 0.648. The van der Waals surface area contributed by atoms with Crippen LogP contribution < -0.4 is 5.32 Å². The number of nitrogens with one attached hydrogen (secondary N) is 1. The van der Waals surface area contributed by atoms with Gasteiger partial charge in [-0.2, -0.15) is 0 Å². The van der Waals surface area contributed by atoms with Crippen molar-refractivity contribution in [3.8, 4) is 0 Å². The van der Waals surface area contributed by atoms with Crippen LogP contribution in [0.5, 0.6) is 0 Å². The molecule has 0 aromatic heterocycles. The highest BCUT2D eigenvalue weighted by atomic mass is 16.1. The SMILES string of the molecule is CCCC1CN(CC=O)C(C)CN1. The van der Waals surface area contributed by atoms with E-state index in [2.05, 4.69) is 24.1 Å². The highest BCUT2D eigenvalue weighted by molar-refractivity contribution is 5.52. The number of carbonyl (C=O) groups is 1. The van der Waals surface area contributed by atoms with Crippen LogP contribution in [0.4, 0.5) is 0 Å². The molecule has 1 N–H and O–H groups in total. The maximum Gasteiger partial charge on any atom is 0.133 e. The van der Waals surface area contributed by atoms with Crippen LogP contribution in [-0.2, 0) is 4.79 Å². The molecular weight excluding hydrogens is 164 g/mol. The van der Waals surface area contributed by atoms with Crippen molar-refractivity contribution < 1.29 is 4.79 Å². The Hall–Kier alpha value is -0.410. The van der Waals surface area contributed by atoms with Gasteiger partial charge in [0.1, 0.15) is 6.29 Å². The summed E-state index contributed by atoms with van der Waals surface area (Å²) in [4.78, 5) is 12.7. The Morgan fingerprint density at radius 3 is 3.00 bits per heavy atom. The molecular formula is C10H20N2O. The minimum Gasteiger partial charge on any atom is -0.311 e. The molecule has 0 saturated carbocycles. The Bertz CT molecular complexity index is 161. The van der Waals surface area contributed by atoms with E-state index in [0.717, 1.165) is 19.4 Å². The van der Waals surface area contributed by atoms with Gasteiger partial charge in [0, 0.05) is 25.2 Å². The Kier molecular flexibility index (Phi) is 4.39. The third-order valence-corrected chi connectivity index (χ3v) is 2.73. The number of carbonyl (C=O) groups excluding carboxylic acids is 1. The fourth-order valence-electron chi connectivity index (χ4n) is 1.89. The van der Waals surface area contributed by atoms with E-state index >= 15 is 0 Å². The average Bonchev–Trinajstić information content (AvgIpc) is 2.12. The van der Waals surface area contributed by atoms with Gasteiger partial charge in [0.15, 0.2) is 0 Å². The van der Waals surface area contributed by atoms with Crippen LogP contribution in [0.3, 0.4) is 0 Å². The summed E-state index contributed by atoms with van der Waals surface area (Å²) in [6.07, 6.45) is 3.42. The minimum atomic E-state index is 0.498. The number of piperazine rings is 1. The third-order valence-electron chi connectivity index (χ3n) is 2.73. The monoisotopic (exact) mass is 184 g/mol. The van der Waals surface area contributed by atoms with E-state index < -0.39 is 0 Å². The molecule has 0 bridgehead atoms. The Morgan fingerprint density at radius 2 is 2.38 bits per heavy atom. The van der Waals surface area contributed by atoms with Crippen LogP contribution in [0.1, 0.15) is 26.7 Å². The number of rotatable bonds is 4. The fourth-order valence-corrected chi connectivity index (χ4v) is 1.89. The Balaban J connectivity index is 2.37. The molecule has 13 heavy (non-hydrogen) atoms. The summed E-state index contributed by atoms with van der Waals surface area (Å²) in [6.45, 7) is 6.98. The van der Waals surface area contributed by atoms with Crippen molar-refractivity contribution >= 4 is 6.29 Å². The predicted molar refractivity (Wildman–Crippen MR) is 53.8 cm³/mol. The van der Waals surface area contributed by atoms with Crippen molar-refractivity contribution in [3.63, 3.8) is 0 Å². The van der Waals surface area contributed by atoms with E-state index in [9.17, 15) is 4.79 Å². The van der Waals surface area contributed by atoms with Crippen molar-refractivity contribution in [2.24, 2.45) is 0 Å². The van der Waals surface area contributed by atoms with Crippen molar-refractivity contribution in [1.82, 2.24) is 10.2 Å². The van der Waals surface area contributed by atoms with Crippen molar-refractivity contribution in [1.29, 1.82) is 0 Å². The summed E-state index contributed by atoms with van der Waals surface area (Å²) in [6, 6.07) is 1.08. The van der Waals surface area contributed by atoms with E-state index in [1.54, 1.807) is 0 Å². The second kappa shape index (κ2) is 5.35. The van der Waals surface area contributed by atoms with Gasteiger partial charge < -0.3 is 10.1 Å². The summed E-state index contributed by atoms with van der Waals surface area (Å²) in [5, 5.41) is 3.50. The third kappa shape index (κ3) is 3.08. The first kappa shape index (κ1) is 10.7. The fraction of sp³-hybridized carbons (Fsp3) is 0.900. The van der Waals surface area contributed by atoms with Gasteiger partial charge in [-0.25, -0.2) is 0 Å². The van der Waals surface area contributed by atoms with Gasteiger partial charge in [0.05, 0.1) is 6.54 Å². The van der Waals surface area contributed by atoms with Gasteiger partial charge in [-0.3, -0.25) is 4.90 Å². The van der Waals surface area contributed by atoms with Gasteiger partial charge in [0.25, 0.3) is 0 Å². The van der Waals surface area contributed by atoms with Crippen LogP contribution in [-0.4, -0.2) is 42.9 Å². The maximum absolute atomic E-state index is 10.4. The molecule has 1 fully saturated rings. The van der Waals surface area contributed by atoms with Crippen LogP contribution in [0.15, 0.2) is 0 Å². The van der Waals surface area contributed by atoms with E-state index in [4.69, 9.17) is 0 Å². The maximum atomic E-state index is 10.4. The first-order valence-corrected chi connectivity index (χ1v) is 5.19. The number of hydrogen-bond donors (Lipinski definition) is 1. The normalized spacial score (nSPS) is 30.3. The lowest BCUT2D eigenvalue weighted by molar-refractivity contribution is -0.109. The molecule has 76 valence electrons. The molecule has 0 aliphatic carbocycles. The largest absolute Gasteiger partial charge is 0.311 e. The van der Waals surface area contributed by atoms with E-state index in [-0.39, 0.29) is 0 Å². The van der Waals surface area contributed by atoms with Crippen LogP contribution in [0.25, 0.3) is 0 Å². The molecule has 0 spiro atoms. The molecule has 3 nitrogen and oxygen atoms in total. The standard InChI is InChI=1S/C10H20N2O/c1-3-4-10-8-12(5-6-13)9(2)7-11-10/h6,9-11H,3-5,7-8H2,1-2H3. The second-order valence-electron chi connectivity index (χ2n) is 3.86. The van der Waals surface area contributed by atoms with Crippen LogP contribution in [0.2, 0.25) is 0 Å². The minimum absolute atomic E-state index is 0.498. The highest BCUT2D eigenvalue weighted by Gasteiger charge is 2.23. The molecule has 2 unspecified atom stereocenters. The molecule has 3 heteroatoms. The lowest BCUT2D eigenvalue weighted by Gasteiger charge is -2.37. The molecule has 0 amide bonds. The molecule has 0 radical (unpaired) electrons. The average molecular weight is 184 g/mol. The zero-order chi connectivity index (χ0) is 9.68. The van der Waals surface area contributed by atoms with E-state index in [0.29, 0.717) is 18.6 Å². The van der Waals surface area contributed by atoms with Crippen LogP contribution >= 0.6 is 0 Å². The molecule has 1 aliphatic rings. The van der Waals surface area contributed by atoms with Gasteiger partial charge in [0.2, 0.25) is 0 Å². The smallest absolute Gasteiger partial charge is 0.133 e. The van der Waals surface area contributed by atoms with Gasteiger partial charge >= 0.3 is 0 Å². The van der Waals surface area contributed by atoms with Gasteiger partial charge in [-0.05, 0) is 13.3 Å². The molecule has 1 aliphatic heterocycles. The summed E-state index contributed by atoms with van der Waals surface area (Å²) >= 11 is 0. The van der Waals surface area contributed by atoms with E-state index in [1.165, 1.54) is 12.8 Å². The molecule has 1 saturated heterocycles. The number of nitrogens with zero attached hydrogens (tertiary/aromatic N) is 1. The van der Waals surface area contributed by atoms with Gasteiger partial charge in [-0.1, -0.05) is 13.3 Å². The Morgan fingerprint density at radius 1 is 1.62 bits per heavy atom. The van der Waals surface area contributed by atoms with Crippen molar-refractivity contribution in [3.05, 3.63) is 0 Å². The first-order valence-electron chi connectivity index (χ1n) is 5.19. The topological polar surface area (TPSA) is 32.3 Å². The lowest BCUT2D eigenvalue weighted by atomic mass is 10.1. The summed E-state index contributed by atoms with van der Waals surface area (Å²) in [5.41, 5.74) is 0. The quantitative estimate of drug-likeness (QED) is 0.651. The zero-order valence-electron chi connectivity index (χ0n) is 8.62. The molecule has 1 heterocycles. The van der Waals surface area contributed by atoms with Crippen molar-refractivity contribution in [2.45, 2.75) is 38.8 Å². The van der Waals surface area contributed by atoms with Gasteiger partial charge in [-0.15, -0.1) is 0 Å².